The lowest BCUT2D eigenvalue weighted by Gasteiger charge is -2.41. The van der Waals surface area contributed by atoms with Crippen LogP contribution in [-0.2, 0) is 16.6 Å². The zero-order valence-electron chi connectivity index (χ0n) is 13.5. The van der Waals surface area contributed by atoms with E-state index >= 15 is 0 Å². The van der Waals surface area contributed by atoms with Gasteiger partial charge in [-0.15, -0.1) is 0 Å². The number of nitrogens with zero attached hydrogens (tertiary/aromatic N) is 3. The van der Waals surface area contributed by atoms with Crippen molar-refractivity contribution in [3.8, 4) is 0 Å². The fourth-order valence-electron chi connectivity index (χ4n) is 3.02. The molecule has 1 aliphatic heterocycles. The van der Waals surface area contributed by atoms with Crippen LogP contribution in [0.25, 0.3) is 0 Å². The van der Waals surface area contributed by atoms with Crippen molar-refractivity contribution >= 4 is 10.0 Å². The lowest BCUT2D eigenvalue weighted by molar-refractivity contribution is 0.155. The van der Waals surface area contributed by atoms with Gasteiger partial charge in [0.05, 0.1) is 11.4 Å². The molecular weight excluding hydrogens is 288 g/mol. The van der Waals surface area contributed by atoms with Gasteiger partial charge in [-0.05, 0) is 32.6 Å². The second-order valence-corrected chi connectivity index (χ2v) is 8.41. The smallest absolute Gasteiger partial charge is 0.246 e. The quantitative estimate of drug-likeness (QED) is 0.911. The van der Waals surface area contributed by atoms with Crippen molar-refractivity contribution in [2.75, 3.05) is 13.1 Å². The molecule has 1 saturated heterocycles. The van der Waals surface area contributed by atoms with Gasteiger partial charge in [0.2, 0.25) is 10.0 Å². The molecule has 0 radical (unpaired) electrons. The normalized spacial score (nSPS) is 23.4. The van der Waals surface area contributed by atoms with Gasteiger partial charge in [-0.3, -0.25) is 4.68 Å². The first-order valence-corrected chi connectivity index (χ1v) is 8.85. The van der Waals surface area contributed by atoms with Crippen LogP contribution in [0.1, 0.15) is 38.6 Å². The first-order chi connectivity index (χ1) is 9.61. The van der Waals surface area contributed by atoms with Gasteiger partial charge >= 0.3 is 0 Å². The third kappa shape index (κ3) is 2.74. The maximum atomic E-state index is 13.0. The van der Waals surface area contributed by atoms with E-state index in [4.69, 9.17) is 5.73 Å². The Bertz CT molecular complexity index is 634. The zero-order chi connectivity index (χ0) is 16.0. The predicted molar refractivity (Wildman–Crippen MR) is 82.5 cm³/mol. The Morgan fingerprint density at radius 1 is 1.38 bits per heavy atom. The molecule has 0 bridgehead atoms. The minimum atomic E-state index is -3.51. The Hall–Kier alpha value is -0.920. The number of piperidine rings is 1. The van der Waals surface area contributed by atoms with Gasteiger partial charge in [-0.2, -0.15) is 9.40 Å². The summed E-state index contributed by atoms with van der Waals surface area (Å²) in [6, 6.07) is 0.0320. The average Bonchev–Trinajstić information content (AvgIpc) is 2.67. The van der Waals surface area contributed by atoms with E-state index in [1.54, 1.807) is 15.9 Å². The molecule has 0 spiro atoms. The number of nitrogens with two attached hydrogens (primary N) is 1. The molecule has 0 aliphatic carbocycles. The van der Waals surface area contributed by atoms with Gasteiger partial charge in [0, 0.05) is 25.7 Å². The van der Waals surface area contributed by atoms with Crippen LogP contribution >= 0.6 is 0 Å². The van der Waals surface area contributed by atoms with Gasteiger partial charge in [-0.25, -0.2) is 8.42 Å². The first kappa shape index (κ1) is 16.5. The lowest BCUT2D eigenvalue weighted by Crippen LogP contribution is -2.53. The lowest BCUT2D eigenvalue weighted by atomic mass is 9.81. The Morgan fingerprint density at radius 3 is 2.48 bits per heavy atom. The number of aryl methyl sites for hydroxylation is 2. The van der Waals surface area contributed by atoms with Crippen molar-refractivity contribution in [1.29, 1.82) is 0 Å². The molecule has 1 unspecified atom stereocenters. The summed E-state index contributed by atoms with van der Waals surface area (Å²) < 4.78 is 29.3. The van der Waals surface area contributed by atoms with Crippen LogP contribution < -0.4 is 5.73 Å². The monoisotopic (exact) mass is 314 g/mol. The van der Waals surface area contributed by atoms with Crippen LogP contribution in [0.3, 0.4) is 0 Å². The van der Waals surface area contributed by atoms with Gasteiger partial charge in [-0.1, -0.05) is 13.8 Å². The van der Waals surface area contributed by atoms with Gasteiger partial charge in [0.1, 0.15) is 4.90 Å². The van der Waals surface area contributed by atoms with Crippen LogP contribution in [0.2, 0.25) is 0 Å². The molecule has 6 nitrogen and oxygen atoms in total. The second-order valence-electron chi connectivity index (χ2n) is 6.54. The first-order valence-electron chi connectivity index (χ1n) is 7.41. The van der Waals surface area contributed by atoms with E-state index in [-0.39, 0.29) is 11.5 Å². The molecule has 1 aromatic rings. The Balaban J connectivity index is 2.42. The van der Waals surface area contributed by atoms with Crippen molar-refractivity contribution < 1.29 is 8.42 Å². The molecule has 0 amide bonds. The minimum absolute atomic E-state index is 0.0320. The molecule has 1 fully saturated rings. The van der Waals surface area contributed by atoms with Crippen molar-refractivity contribution in [2.45, 2.75) is 58.5 Å². The number of hydrogen-bond donors (Lipinski definition) is 1. The highest BCUT2D eigenvalue weighted by molar-refractivity contribution is 7.89. The standard InChI is InChI=1S/C14H26N4O2S/c1-6-18-11(3)13(10(2)16-18)21(19,20)17-8-7-12(15)14(4,5)9-17/h12H,6-9,15H2,1-5H3. The molecule has 21 heavy (non-hydrogen) atoms. The molecule has 2 rings (SSSR count). The van der Waals surface area contributed by atoms with Crippen LogP contribution in [-0.4, -0.2) is 41.6 Å². The summed E-state index contributed by atoms with van der Waals surface area (Å²) in [6.07, 6.45) is 0.687. The Kier molecular flexibility index (Phi) is 4.21. The maximum Gasteiger partial charge on any atom is 0.246 e. The molecule has 0 saturated carbocycles. The number of aromatic nitrogens is 2. The second kappa shape index (κ2) is 5.37. The van der Waals surface area contributed by atoms with E-state index in [1.165, 1.54) is 0 Å². The largest absolute Gasteiger partial charge is 0.327 e. The third-order valence-electron chi connectivity index (χ3n) is 4.49. The summed E-state index contributed by atoms with van der Waals surface area (Å²) in [5, 5.41) is 4.33. The van der Waals surface area contributed by atoms with E-state index in [0.717, 1.165) is 0 Å². The molecule has 1 atom stereocenters. The Labute approximate surface area is 127 Å². The van der Waals surface area contributed by atoms with Crippen LogP contribution in [0.4, 0.5) is 0 Å². The van der Waals surface area contributed by atoms with Crippen LogP contribution in [0.5, 0.6) is 0 Å². The number of rotatable bonds is 3. The fourth-order valence-corrected chi connectivity index (χ4v) is 5.02. The molecule has 0 aromatic carbocycles. The van der Waals surface area contributed by atoms with Crippen molar-refractivity contribution in [3.63, 3.8) is 0 Å². The SMILES string of the molecule is CCn1nc(C)c(S(=O)(=O)N2CCC(N)C(C)(C)C2)c1C. The summed E-state index contributed by atoms with van der Waals surface area (Å²) >= 11 is 0. The molecule has 120 valence electrons. The van der Waals surface area contributed by atoms with Crippen LogP contribution in [0, 0.1) is 19.3 Å². The molecule has 1 aliphatic rings. The number of hydrogen-bond acceptors (Lipinski definition) is 4. The van der Waals surface area contributed by atoms with Crippen molar-refractivity contribution in [3.05, 3.63) is 11.4 Å². The molecule has 7 heteroatoms. The molecule has 2 heterocycles. The molecule has 2 N–H and O–H groups in total. The summed E-state index contributed by atoms with van der Waals surface area (Å²) in [5.74, 6) is 0. The average molecular weight is 314 g/mol. The van der Waals surface area contributed by atoms with Crippen LogP contribution in [0.15, 0.2) is 4.90 Å². The van der Waals surface area contributed by atoms with E-state index in [9.17, 15) is 8.42 Å². The van der Waals surface area contributed by atoms with E-state index in [2.05, 4.69) is 5.10 Å². The predicted octanol–water partition coefficient (Wildman–Crippen LogP) is 1.27. The zero-order valence-corrected chi connectivity index (χ0v) is 14.4. The van der Waals surface area contributed by atoms with Crippen molar-refractivity contribution in [1.82, 2.24) is 14.1 Å². The highest BCUT2D eigenvalue weighted by Crippen LogP contribution is 2.32. The van der Waals surface area contributed by atoms with E-state index in [1.807, 2.05) is 27.7 Å². The van der Waals surface area contributed by atoms with Gasteiger partial charge in [0.25, 0.3) is 0 Å². The highest BCUT2D eigenvalue weighted by Gasteiger charge is 2.40. The van der Waals surface area contributed by atoms with E-state index < -0.39 is 10.0 Å². The summed E-state index contributed by atoms with van der Waals surface area (Å²) in [5.41, 5.74) is 7.17. The molecule has 1 aromatic heterocycles. The van der Waals surface area contributed by atoms with Gasteiger partial charge in [0.15, 0.2) is 0 Å². The fraction of sp³-hybridized carbons (Fsp3) is 0.786. The summed E-state index contributed by atoms with van der Waals surface area (Å²) in [7, 11) is -3.51. The molecular formula is C14H26N4O2S. The van der Waals surface area contributed by atoms with Gasteiger partial charge < -0.3 is 5.73 Å². The topological polar surface area (TPSA) is 81.2 Å². The number of sulfonamides is 1. The Morgan fingerprint density at radius 2 is 2.00 bits per heavy atom. The summed E-state index contributed by atoms with van der Waals surface area (Å²) in [4.78, 5) is 0.357. The summed E-state index contributed by atoms with van der Waals surface area (Å²) in [6.45, 7) is 11.2. The van der Waals surface area contributed by atoms with Crippen molar-refractivity contribution in [2.24, 2.45) is 11.1 Å². The van der Waals surface area contributed by atoms with E-state index in [0.29, 0.717) is 42.3 Å². The third-order valence-corrected chi connectivity index (χ3v) is 6.59. The maximum absolute atomic E-state index is 13.0. The minimum Gasteiger partial charge on any atom is -0.327 e. The highest BCUT2D eigenvalue weighted by atomic mass is 32.2.